The van der Waals surface area contributed by atoms with Crippen LogP contribution in [0.15, 0.2) is 60.7 Å². The smallest absolute Gasteiger partial charge is 0.459 e. The summed E-state index contributed by atoms with van der Waals surface area (Å²) in [6.07, 6.45) is -0.199. The Bertz CT molecular complexity index is 2150. The molecule has 0 spiro atoms. The Balaban J connectivity index is 0.00000782. The number of primary amides is 1. The number of hydrogen-bond donors (Lipinski definition) is 5. The van der Waals surface area contributed by atoms with Gasteiger partial charge in [0.1, 0.15) is 48.2 Å². The van der Waals surface area contributed by atoms with Gasteiger partial charge in [0.2, 0.25) is 17.7 Å². The number of hydrogen-bond acceptors (Lipinski definition) is 15. The predicted octanol–water partition coefficient (Wildman–Crippen LogP) is 4.22. The Hall–Kier alpha value is -7.59. The first-order chi connectivity index (χ1) is 31.7. The molecule has 0 bridgehead atoms. The Morgan fingerprint density at radius 1 is 0.809 bits per heavy atom. The van der Waals surface area contributed by atoms with Crippen molar-refractivity contribution in [3.05, 3.63) is 76.4 Å². The minimum absolute atomic E-state index is 0.0217. The highest BCUT2D eigenvalue weighted by molar-refractivity contribution is 6.15. The maximum absolute atomic E-state index is 14.2. The van der Waals surface area contributed by atoms with Crippen molar-refractivity contribution in [2.75, 3.05) is 25.0 Å². The summed E-state index contributed by atoms with van der Waals surface area (Å²) < 4.78 is 21.0. The van der Waals surface area contributed by atoms with Crippen LogP contribution in [-0.2, 0) is 49.6 Å². The Labute approximate surface area is 393 Å². The van der Waals surface area contributed by atoms with Gasteiger partial charge in [-0.15, -0.1) is 0 Å². The SMILES string of the molecule is CC.CC(C)[C@H](NC(=O)[C@H](CN(CC(=O)OC(C)(C)C)C(=O)OC(C)(C)C)N1C(=O)C=CC1=O)C(=O)N[C@H](CCCNC(N)=O)C(=O)Nc1ccc(COC(=O)Oc2ccc([N+](=O)[O-])cc2)cc1. The third-order valence-corrected chi connectivity index (χ3v) is 8.92. The van der Waals surface area contributed by atoms with Crippen LogP contribution in [-0.4, -0.2) is 117 Å². The summed E-state index contributed by atoms with van der Waals surface area (Å²) >= 11 is 0. The summed E-state index contributed by atoms with van der Waals surface area (Å²) in [5, 5.41) is 21.1. The van der Waals surface area contributed by atoms with Gasteiger partial charge in [-0.2, -0.15) is 0 Å². The molecule has 68 heavy (non-hydrogen) atoms. The highest BCUT2D eigenvalue weighted by atomic mass is 16.7. The highest BCUT2D eigenvalue weighted by Crippen LogP contribution is 2.20. The minimum Gasteiger partial charge on any atom is -0.459 e. The first kappa shape index (κ1) is 56.5. The summed E-state index contributed by atoms with van der Waals surface area (Å²) in [5.74, 6) is -5.99. The predicted molar refractivity (Wildman–Crippen MR) is 244 cm³/mol. The van der Waals surface area contributed by atoms with Gasteiger partial charge in [0.25, 0.3) is 17.5 Å². The summed E-state index contributed by atoms with van der Waals surface area (Å²) in [6, 6.07) is 5.52. The van der Waals surface area contributed by atoms with Gasteiger partial charge in [-0.05, 0) is 90.1 Å². The number of rotatable bonds is 20. The van der Waals surface area contributed by atoms with Crippen molar-refractivity contribution in [2.45, 2.75) is 118 Å². The molecule has 0 aliphatic carbocycles. The van der Waals surface area contributed by atoms with Crippen molar-refractivity contribution >= 4 is 65.2 Å². The molecule has 0 saturated carbocycles. The van der Waals surface area contributed by atoms with Crippen LogP contribution in [0.4, 0.5) is 25.8 Å². The first-order valence-corrected chi connectivity index (χ1v) is 21.6. The average Bonchev–Trinajstić information content (AvgIpc) is 3.57. The zero-order chi connectivity index (χ0) is 51.5. The number of nitrogens with one attached hydrogen (secondary N) is 4. The van der Waals surface area contributed by atoms with Crippen molar-refractivity contribution in [1.82, 2.24) is 25.8 Å². The second kappa shape index (κ2) is 25.9. The molecular weight excluding hydrogens is 893 g/mol. The van der Waals surface area contributed by atoms with Gasteiger partial charge in [0.15, 0.2) is 0 Å². The number of carbonyl (C=O) groups excluding carboxylic acids is 9. The third-order valence-electron chi connectivity index (χ3n) is 8.92. The minimum atomic E-state index is -1.79. The van der Waals surface area contributed by atoms with Crippen molar-refractivity contribution < 1.29 is 67.0 Å². The largest absolute Gasteiger partial charge is 0.514 e. The molecule has 372 valence electrons. The number of benzene rings is 2. The molecule has 3 rings (SSSR count). The lowest BCUT2D eigenvalue weighted by molar-refractivity contribution is -0.384. The highest BCUT2D eigenvalue weighted by Gasteiger charge is 2.41. The quantitative estimate of drug-likeness (QED) is 0.0236. The fourth-order valence-electron chi connectivity index (χ4n) is 5.92. The normalized spacial score (nSPS) is 13.4. The summed E-state index contributed by atoms with van der Waals surface area (Å²) in [5.41, 5.74) is 3.70. The average molecular weight is 955 g/mol. The summed E-state index contributed by atoms with van der Waals surface area (Å²) in [4.78, 5) is 129. The van der Waals surface area contributed by atoms with E-state index in [0.29, 0.717) is 10.5 Å². The number of nitro groups is 1. The number of anilines is 1. The molecule has 0 saturated heterocycles. The number of imide groups is 1. The van der Waals surface area contributed by atoms with E-state index in [2.05, 4.69) is 21.3 Å². The molecule has 0 unspecified atom stereocenters. The van der Waals surface area contributed by atoms with E-state index in [9.17, 15) is 53.3 Å². The van der Waals surface area contributed by atoms with Gasteiger partial charge in [0.05, 0.1) is 11.5 Å². The van der Waals surface area contributed by atoms with E-state index in [1.165, 1.54) is 36.4 Å². The van der Waals surface area contributed by atoms with Gasteiger partial charge in [-0.3, -0.25) is 48.7 Å². The molecule has 3 atom stereocenters. The monoisotopic (exact) mass is 954 g/mol. The van der Waals surface area contributed by atoms with Crippen molar-refractivity contribution in [2.24, 2.45) is 11.7 Å². The van der Waals surface area contributed by atoms with Gasteiger partial charge in [-0.1, -0.05) is 39.8 Å². The Morgan fingerprint density at radius 2 is 1.38 bits per heavy atom. The lowest BCUT2D eigenvalue weighted by Gasteiger charge is -2.34. The number of nitro benzene ring substituents is 1. The van der Waals surface area contributed by atoms with E-state index < -0.39 is 107 Å². The van der Waals surface area contributed by atoms with Crippen LogP contribution in [0.25, 0.3) is 0 Å². The maximum atomic E-state index is 14.2. The topological polar surface area (TPSA) is 314 Å². The van der Waals surface area contributed by atoms with Gasteiger partial charge in [0, 0.05) is 36.5 Å². The van der Waals surface area contributed by atoms with E-state index in [-0.39, 0.29) is 43.1 Å². The first-order valence-electron chi connectivity index (χ1n) is 21.6. The Kier molecular flexibility index (Phi) is 21.6. The Morgan fingerprint density at radius 3 is 1.90 bits per heavy atom. The maximum Gasteiger partial charge on any atom is 0.514 e. The molecule has 1 aliphatic rings. The van der Waals surface area contributed by atoms with E-state index in [1.807, 2.05) is 13.8 Å². The van der Waals surface area contributed by atoms with Crippen LogP contribution in [0.5, 0.6) is 5.75 Å². The fourth-order valence-corrected chi connectivity index (χ4v) is 5.92. The molecule has 1 heterocycles. The fraction of sp³-hybridized carbons (Fsp3) is 0.489. The van der Waals surface area contributed by atoms with Crippen LogP contribution < -0.4 is 31.7 Å². The van der Waals surface area contributed by atoms with E-state index in [4.69, 9.17) is 24.7 Å². The lowest BCUT2D eigenvalue weighted by atomic mass is 10.0. The number of esters is 1. The lowest BCUT2D eigenvalue weighted by Crippen LogP contribution is -2.61. The van der Waals surface area contributed by atoms with Crippen molar-refractivity contribution in [3.63, 3.8) is 0 Å². The number of urea groups is 1. The van der Waals surface area contributed by atoms with Crippen molar-refractivity contribution in [3.8, 4) is 5.75 Å². The van der Waals surface area contributed by atoms with Crippen molar-refractivity contribution in [1.29, 1.82) is 0 Å². The number of nitrogens with two attached hydrogens (primary N) is 1. The molecule has 23 nitrogen and oxygen atoms in total. The van der Waals surface area contributed by atoms with Gasteiger partial charge in [-0.25, -0.2) is 14.4 Å². The molecule has 0 fully saturated rings. The molecule has 2 aromatic rings. The zero-order valence-electron chi connectivity index (χ0n) is 39.9. The van der Waals surface area contributed by atoms with Crippen LogP contribution >= 0.6 is 0 Å². The van der Waals surface area contributed by atoms with Crippen LogP contribution in [0.2, 0.25) is 0 Å². The van der Waals surface area contributed by atoms with Gasteiger partial charge >= 0.3 is 24.2 Å². The number of nitrogens with zero attached hydrogens (tertiary/aromatic N) is 3. The number of amides is 8. The zero-order valence-corrected chi connectivity index (χ0v) is 39.9. The van der Waals surface area contributed by atoms with Crippen LogP contribution in [0.1, 0.15) is 87.6 Å². The second-order valence-corrected chi connectivity index (χ2v) is 17.1. The number of ether oxygens (including phenoxy) is 4. The summed E-state index contributed by atoms with van der Waals surface area (Å²) in [7, 11) is 0. The molecular formula is C45H62N8O15. The molecule has 2 aromatic carbocycles. The molecule has 8 amide bonds. The van der Waals surface area contributed by atoms with E-state index >= 15 is 0 Å². The second-order valence-electron chi connectivity index (χ2n) is 17.1. The van der Waals surface area contributed by atoms with Gasteiger partial charge < -0.3 is 45.9 Å². The molecule has 6 N–H and O–H groups in total. The van der Waals surface area contributed by atoms with Crippen LogP contribution in [0, 0.1) is 16.0 Å². The third kappa shape index (κ3) is 19.5. The van der Waals surface area contributed by atoms with E-state index in [1.54, 1.807) is 55.4 Å². The number of non-ortho nitro benzene ring substituents is 1. The molecule has 0 radical (unpaired) electrons. The standard InChI is InChI=1S/C43H56N8O15.C2H6/c1-25(2)35(48-37(56)31(50-32(52)19-20-33(50)53)22-49(40(59)66-43(6,7)8)23-34(54)65-42(3,4)5)38(57)47-30(10-9-21-45-39(44)58)36(55)46-27-13-11-26(12-14-27)24-63-41(60)64-29-17-15-28(16-18-29)51(61)62;1-2/h11-20,25,30-31,35H,9-10,21-24H2,1-8H3,(H,46,55)(H,47,57)(H,48,56)(H3,44,45,58);1-2H3/t30-,31+,35+;/m1./s1. The molecule has 23 heteroatoms. The van der Waals surface area contributed by atoms with Crippen LogP contribution in [0.3, 0.4) is 0 Å². The molecule has 0 aromatic heterocycles. The molecule has 1 aliphatic heterocycles. The summed E-state index contributed by atoms with van der Waals surface area (Å²) in [6.45, 7) is 15.0. The van der Waals surface area contributed by atoms with E-state index in [0.717, 1.165) is 29.2 Å². The number of carbonyl (C=O) groups is 9.